The molecule has 0 aliphatic carbocycles. The molecule has 3 aliphatic rings. The molecule has 7 heteroatoms. The zero-order chi connectivity index (χ0) is 19.9. The number of ether oxygens (including phenoxy) is 4. The molecular weight excluding hydrogens is 360 g/mol. The maximum atomic E-state index is 9.85. The molecule has 1 aromatic rings. The predicted molar refractivity (Wildman–Crippen MR) is 105 cm³/mol. The minimum absolute atomic E-state index is 0.0602. The van der Waals surface area contributed by atoms with Gasteiger partial charge in [0.25, 0.3) is 0 Å². The fourth-order valence-corrected chi connectivity index (χ4v) is 4.79. The lowest BCUT2D eigenvalue weighted by Gasteiger charge is -2.39. The molecule has 0 radical (unpaired) electrons. The highest BCUT2D eigenvalue weighted by Gasteiger charge is 2.37. The van der Waals surface area contributed by atoms with Gasteiger partial charge in [-0.25, -0.2) is 0 Å². The van der Waals surface area contributed by atoms with E-state index in [1.54, 1.807) is 7.11 Å². The Morgan fingerprint density at radius 1 is 1.39 bits per heavy atom. The van der Waals surface area contributed by atoms with Gasteiger partial charge in [-0.1, -0.05) is 5.16 Å². The highest BCUT2D eigenvalue weighted by molar-refractivity contribution is 5.87. The Morgan fingerprint density at radius 2 is 2.21 bits per heavy atom. The summed E-state index contributed by atoms with van der Waals surface area (Å²) in [4.78, 5) is 2.31. The van der Waals surface area contributed by atoms with Gasteiger partial charge in [-0.3, -0.25) is 4.90 Å². The number of rotatable bonds is 4. The minimum Gasteiger partial charge on any atom is -0.492 e. The van der Waals surface area contributed by atoms with Crippen LogP contribution in [0.25, 0.3) is 0 Å². The molecule has 3 heterocycles. The van der Waals surface area contributed by atoms with Crippen molar-refractivity contribution < 1.29 is 24.2 Å². The van der Waals surface area contributed by atoms with E-state index in [0.29, 0.717) is 18.8 Å². The third kappa shape index (κ3) is 3.42. The van der Waals surface area contributed by atoms with Crippen molar-refractivity contribution in [2.24, 2.45) is 11.1 Å². The number of nitrogens with zero attached hydrogens (tertiary/aromatic N) is 2. The molecule has 7 nitrogen and oxygen atoms in total. The number of methoxy groups -OCH3 is 1. The zero-order valence-corrected chi connectivity index (χ0v) is 17.2. The number of hydrogen-bond donors (Lipinski definition) is 1. The van der Waals surface area contributed by atoms with Crippen molar-refractivity contribution >= 4 is 5.71 Å². The SMILES string of the molecule is COc1c2c(cc3c1[C@H](CC(=NO)[C@@H]1CCOC(C)(C)C1)N(C)CC3)OCO2. The highest BCUT2D eigenvalue weighted by atomic mass is 16.7. The Labute approximate surface area is 166 Å². The Balaban J connectivity index is 1.67. The summed E-state index contributed by atoms with van der Waals surface area (Å²) in [6.45, 7) is 6.03. The van der Waals surface area contributed by atoms with E-state index in [0.717, 1.165) is 48.6 Å². The molecule has 4 rings (SSSR count). The van der Waals surface area contributed by atoms with Crippen LogP contribution in [0.5, 0.6) is 17.2 Å². The molecule has 0 unspecified atom stereocenters. The van der Waals surface area contributed by atoms with Crippen LogP contribution in [-0.2, 0) is 11.2 Å². The quantitative estimate of drug-likeness (QED) is 0.483. The third-order valence-corrected chi connectivity index (χ3v) is 6.25. The second-order valence-electron chi connectivity index (χ2n) is 8.56. The van der Waals surface area contributed by atoms with E-state index < -0.39 is 0 Å². The van der Waals surface area contributed by atoms with E-state index in [1.165, 1.54) is 5.56 Å². The van der Waals surface area contributed by atoms with Gasteiger partial charge in [-0.05, 0) is 51.8 Å². The first-order valence-corrected chi connectivity index (χ1v) is 9.98. The zero-order valence-electron chi connectivity index (χ0n) is 17.2. The topological polar surface area (TPSA) is 72.8 Å². The minimum atomic E-state index is -0.196. The Bertz CT molecular complexity index is 777. The van der Waals surface area contributed by atoms with Crippen molar-refractivity contribution in [3.8, 4) is 17.2 Å². The lowest BCUT2D eigenvalue weighted by molar-refractivity contribution is -0.0622. The van der Waals surface area contributed by atoms with Crippen LogP contribution in [0, 0.1) is 5.92 Å². The molecule has 0 amide bonds. The molecule has 0 saturated carbocycles. The molecule has 154 valence electrons. The largest absolute Gasteiger partial charge is 0.492 e. The third-order valence-electron chi connectivity index (χ3n) is 6.25. The molecule has 3 aliphatic heterocycles. The highest BCUT2D eigenvalue weighted by Crippen LogP contribution is 2.50. The van der Waals surface area contributed by atoms with Crippen molar-refractivity contribution in [2.75, 3.05) is 34.1 Å². The second kappa shape index (κ2) is 7.44. The smallest absolute Gasteiger partial charge is 0.231 e. The lowest BCUT2D eigenvalue weighted by Crippen LogP contribution is -2.39. The molecule has 28 heavy (non-hydrogen) atoms. The number of fused-ring (bicyclic) bond motifs is 2. The van der Waals surface area contributed by atoms with Crippen LogP contribution in [0.3, 0.4) is 0 Å². The van der Waals surface area contributed by atoms with Crippen LogP contribution in [0.15, 0.2) is 11.2 Å². The number of hydrogen-bond acceptors (Lipinski definition) is 7. The average Bonchev–Trinajstić information content (AvgIpc) is 3.13. The monoisotopic (exact) mass is 390 g/mol. The predicted octanol–water partition coefficient (Wildman–Crippen LogP) is 3.38. The van der Waals surface area contributed by atoms with Gasteiger partial charge >= 0.3 is 0 Å². The summed E-state index contributed by atoms with van der Waals surface area (Å²) in [6.07, 6.45) is 3.31. The normalized spacial score (nSPS) is 26.8. The average molecular weight is 390 g/mol. The van der Waals surface area contributed by atoms with Crippen molar-refractivity contribution in [3.63, 3.8) is 0 Å². The van der Waals surface area contributed by atoms with Crippen molar-refractivity contribution in [1.29, 1.82) is 0 Å². The fraction of sp³-hybridized carbons (Fsp3) is 0.667. The van der Waals surface area contributed by atoms with E-state index in [4.69, 9.17) is 18.9 Å². The van der Waals surface area contributed by atoms with Crippen LogP contribution in [0.1, 0.15) is 50.3 Å². The van der Waals surface area contributed by atoms with Crippen LogP contribution >= 0.6 is 0 Å². The van der Waals surface area contributed by atoms with Crippen molar-refractivity contribution in [1.82, 2.24) is 4.90 Å². The first kappa shape index (κ1) is 19.3. The van der Waals surface area contributed by atoms with Crippen molar-refractivity contribution in [2.45, 2.75) is 51.2 Å². The Kier molecular flexibility index (Phi) is 5.14. The molecule has 2 atom stereocenters. The van der Waals surface area contributed by atoms with Gasteiger partial charge < -0.3 is 24.2 Å². The van der Waals surface area contributed by atoms with Gasteiger partial charge in [0, 0.05) is 37.1 Å². The van der Waals surface area contributed by atoms with Crippen LogP contribution in [0.4, 0.5) is 0 Å². The first-order valence-electron chi connectivity index (χ1n) is 9.98. The summed E-state index contributed by atoms with van der Waals surface area (Å²) < 4.78 is 22.9. The lowest BCUT2D eigenvalue weighted by atomic mass is 9.80. The van der Waals surface area contributed by atoms with Crippen molar-refractivity contribution in [3.05, 3.63) is 17.2 Å². The van der Waals surface area contributed by atoms with Gasteiger partial charge in [0.05, 0.1) is 18.4 Å². The molecule has 0 spiro atoms. The Hall–Kier alpha value is -1.99. The molecule has 1 fully saturated rings. The van der Waals surface area contributed by atoms with E-state index in [9.17, 15) is 5.21 Å². The molecular formula is C21H30N2O5. The first-order chi connectivity index (χ1) is 13.4. The van der Waals surface area contributed by atoms with Crippen LogP contribution in [0.2, 0.25) is 0 Å². The Morgan fingerprint density at radius 3 is 2.93 bits per heavy atom. The number of likely N-dealkylation sites (N-methyl/N-ethyl adjacent to an activating group) is 1. The molecule has 1 N–H and O–H groups in total. The van der Waals surface area contributed by atoms with Gasteiger partial charge in [0.2, 0.25) is 12.5 Å². The second-order valence-corrected chi connectivity index (χ2v) is 8.56. The summed E-state index contributed by atoms with van der Waals surface area (Å²) >= 11 is 0. The van der Waals surface area contributed by atoms with E-state index in [2.05, 4.69) is 37.0 Å². The molecule has 0 aromatic heterocycles. The molecule has 1 aromatic carbocycles. The molecule has 1 saturated heterocycles. The van der Waals surface area contributed by atoms with E-state index in [1.807, 2.05) is 0 Å². The maximum Gasteiger partial charge on any atom is 0.231 e. The van der Waals surface area contributed by atoms with Crippen LogP contribution in [-0.4, -0.2) is 55.5 Å². The van der Waals surface area contributed by atoms with Gasteiger partial charge in [-0.15, -0.1) is 0 Å². The molecule has 0 bridgehead atoms. The summed E-state index contributed by atoms with van der Waals surface area (Å²) in [6, 6.07) is 2.14. The summed E-state index contributed by atoms with van der Waals surface area (Å²) in [5.41, 5.74) is 2.97. The van der Waals surface area contributed by atoms with Gasteiger partial charge in [-0.2, -0.15) is 0 Å². The fourth-order valence-electron chi connectivity index (χ4n) is 4.79. The van der Waals surface area contributed by atoms with Gasteiger partial charge in [0.1, 0.15) is 0 Å². The van der Waals surface area contributed by atoms with Crippen LogP contribution < -0.4 is 14.2 Å². The van der Waals surface area contributed by atoms with Gasteiger partial charge in [0.15, 0.2) is 11.5 Å². The summed E-state index contributed by atoms with van der Waals surface area (Å²) in [7, 11) is 3.78. The van der Waals surface area contributed by atoms with E-state index in [-0.39, 0.29) is 24.4 Å². The standard InChI is InChI=1S/C21H30N2O5/c1-21(2)11-14(6-8-28-21)15(22-24)10-16-18-13(5-7-23(16)3)9-17-19(20(18)25-4)27-12-26-17/h9,14,16,24H,5-8,10-12H2,1-4H3/t14-,16+/m1/s1. The maximum absolute atomic E-state index is 9.85. The summed E-state index contributed by atoms with van der Waals surface area (Å²) in [5.74, 6) is 2.39. The number of oxime groups is 1. The number of benzene rings is 1. The van der Waals surface area contributed by atoms with E-state index >= 15 is 0 Å². The summed E-state index contributed by atoms with van der Waals surface area (Å²) in [5, 5.41) is 13.6.